The highest BCUT2D eigenvalue weighted by atomic mass is 79.9. The lowest BCUT2D eigenvalue weighted by molar-refractivity contribution is 0.0697. The third-order valence-corrected chi connectivity index (χ3v) is 5.60. The molecule has 1 heterocycles. The molecule has 7 nitrogen and oxygen atoms in total. The second-order valence-corrected chi connectivity index (χ2v) is 7.93. The molecule has 2 aromatic rings. The van der Waals surface area contributed by atoms with E-state index in [4.69, 9.17) is 9.47 Å². The Kier molecular flexibility index (Phi) is 4.61. The number of hydrogen-bond acceptors (Lipinski definition) is 5. The fourth-order valence-electron chi connectivity index (χ4n) is 2.41. The summed E-state index contributed by atoms with van der Waals surface area (Å²) in [5.74, 6) is -0.717. The van der Waals surface area contributed by atoms with Gasteiger partial charge in [-0.25, -0.2) is 13.2 Å². The minimum Gasteiger partial charge on any atom is -0.486 e. The number of carbonyl (C=O) groups is 1. The van der Waals surface area contributed by atoms with Crippen molar-refractivity contribution in [1.82, 2.24) is 0 Å². The fourth-order valence-corrected chi connectivity index (χ4v) is 4.27. The highest BCUT2D eigenvalue weighted by Gasteiger charge is 2.24. The molecule has 0 radical (unpaired) electrons. The summed E-state index contributed by atoms with van der Waals surface area (Å²) in [6.07, 6.45) is 0. The second-order valence-electron chi connectivity index (χ2n) is 5.36. The number of aryl methyl sites for hydroxylation is 1. The van der Waals surface area contributed by atoms with Crippen LogP contribution in [-0.4, -0.2) is 32.7 Å². The van der Waals surface area contributed by atoms with Crippen LogP contribution in [0.5, 0.6) is 11.5 Å². The van der Waals surface area contributed by atoms with Crippen LogP contribution in [0.2, 0.25) is 0 Å². The highest BCUT2D eigenvalue weighted by Crippen LogP contribution is 2.36. The van der Waals surface area contributed by atoms with Crippen LogP contribution in [0.15, 0.2) is 39.7 Å². The molecule has 0 unspecified atom stereocenters. The molecular formula is C16H14BrNO6S. The summed E-state index contributed by atoms with van der Waals surface area (Å²) >= 11 is 3.24. The van der Waals surface area contributed by atoms with Crippen molar-refractivity contribution in [2.24, 2.45) is 0 Å². The van der Waals surface area contributed by atoms with Crippen LogP contribution < -0.4 is 14.2 Å². The molecule has 25 heavy (non-hydrogen) atoms. The number of hydrogen-bond donors (Lipinski definition) is 2. The van der Waals surface area contributed by atoms with Crippen LogP contribution in [-0.2, 0) is 10.0 Å². The van der Waals surface area contributed by atoms with Crippen LogP contribution in [0.4, 0.5) is 5.69 Å². The Morgan fingerprint density at radius 2 is 1.80 bits per heavy atom. The molecule has 0 saturated carbocycles. The number of aromatic carboxylic acids is 1. The van der Waals surface area contributed by atoms with Crippen molar-refractivity contribution >= 4 is 37.6 Å². The molecule has 2 aromatic carbocycles. The monoisotopic (exact) mass is 427 g/mol. The van der Waals surface area contributed by atoms with Gasteiger partial charge in [0, 0.05) is 16.6 Å². The topological polar surface area (TPSA) is 102 Å². The van der Waals surface area contributed by atoms with Gasteiger partial charge < -0.3 is 14.6 Å². The molecule has 2 N–H and O–H groups in total. The molecule has 1 aliphatic heterocycles. The highest BCUT2D eigenvalue weighted by molar-refractivity contribution is 9.10. The predicted molar refractivity (Wildman–Crippen MR) is 94.1 cm³/mol. The summed E-state index contributed by atoms with van der Waals surface area (Å²) < 4.78 is 39.1. The minimum absolute atomic E-state index is 0.0492. The Labute approximate surface area is 152 Å². The number of fused-ring (bicyclic) bond motifs is 1. The Morgan fingerprint density at radius 3 is 2.44 bits per heavy atom. The first-order valence-electron chi connectivity index (χ1n) is 7.24. The van der Waals surface area contributed by atoms with E-state index in [1.165, 1.54) is 18.2 Å². The molecular weight excluding hydrogens is 414 g/mol. The SMILES string of the molecule is Cc1ccc(Br)cc1S(=O)(=O)Nc1cc2c(cc1C(=O)O)OCCO2. The second kappa shape index (κ2) is 6.57. The summed E-state index contributed by atoms with van der Waals surface area (Å²) in [5.41, 5.74) is 0.224. The molecule has 0 fully saturated rings. The van der Waals surface area contributed by atoms with Crippen molar-refractivity contribution in [3.63, 3.8) is 0 Å². The first kappa shape index (κ1) is 17.6. The molecule has 0 aliphatic carbocycles. The lowest BCUT2D eigenvalue weighted by Crippen LogP contribution is -2.19. The predicted octanol–water partition coefficient (Wildman–Crippen LogP) is 3.03. The van der Waals surface area contributed by atoms with Gasteiger partial charge in [0.05, 0.1) is 16.1 Å². The maximum Gasteiger partial charge on any atom is 0.337 e. The summed E-state index contributed by atoms with van der Waals surface area (Å²) in [5, 5.41) is 9.39. The van der Waals surface area contributed by atoms with E-state index in [0.717, 1.165) is 0 Å². The van der Waals surface area contributed by atoms with Crippen LogP contribution in [0.1, 0.15) is 15.9 Å². The smallest absolute Gasteiger partial charge is 0.337 e. The molecule has 0 aromatic heterocycles. The molecule has 0 amide bonds. The van der Waals surface area contributed by atoms with Crippen LogP contribution >= 0.6 is 15.9 Å². The van der Waals surface area contributed by atoms with Crippen molar-refractivity contribution < 1.29 is 27.8 Å². The number of halogens is 1. The number of benzene rings is 2. The van der Waals surface area contributed by atoms with E-state index >= 15 is 0 Å². The Morgan fingerprint density at radius 1 is 1.16 bits per heavy atom. The van der Waals surface area contributed by atoms with Gasteiger partial charge >= 0.3 is 5.97 Å². The average molecular weight is 428 g/mol. The molecule has 0 spiro atoms. The maximum atomic E-state index is 12.7. The number of nitrogens with one attached hydrogen (secondary N) is 1. The fraction of sp³-hybridized carbons (Fsp3) is 0.188. The number of sulfonamides is 1. The Hall–Kier alpha value is -2.26. The molecule has 9 heteroatoms. The van der Waals surface area contributed by atoms with Gasteiger partial charge in [-0.2, -0.15) is 0 Å². The first-order valence-corrected chi connectivity index (χ1v) is 9.51. The summed E-state index contributed by atoms with van der Waals surface area (Å²) in [7, 11) is -3.99. The van der Waals surface area contributed by atoms with Gasteiger partial charge in [-0.1, -0.05) is 22.0 Å². The van der Waals surface area contributed by atoms with Crippen LogP contribution in [0.25, 0.3) is 0 Å². The van der Waals surface area contributed by atoms with E-state index in [9.17, 15) is 18.3 Å². The quantitative estimate of drug-likeness (QED) is 0.777. The first-order chi connectivity index (χ1) is 11.8. The summed E-state index contributed by atoms with van der Waals surface area (Å²) in [4.78, 5) is 11.6. The van der Waals surface area contributed by atoms with Gasteiger partial charge in [-0.05, 0) is 24.6 Å². The van der Waals surface area contributed by atoms with Gasteiger partial charge in [0.2, 0.25) is 0 Å². The van der Waals surface area contributed by atoms with E-state index in [1.807, 2.05) is 0 Å². The van der Waals surface area contributed by atoms with Crippen LogP contribution in [0.3, 0.4) is 0 Å². The van der Waals surface area contributed by atoms with Crippen molar-refractivity contribution in [2.75, 3.05) is 17.9 Å². The Balaban J connectivity index is 2.07. The zero-order valence-corrected chi connectivity index (χ0v) is 15.5. The molecule has 1 aliphatic rings. The maximum absolute atomic E-state index is 12.7. The average Bonchev–Trinajstić information content (AvgIpc) is 2.55. The van der Waals surface area contributed by atoms with Crippen molar-refractivity contribution in [3.05, 3.63) is 45.9 Å². The number of anilines is 1. The van der Waals surface area contributed by atoms with Crippen molar-refractivity contribution in [2.45, 2.75) is 11.8 Å². The Bertz CT molecular complexity index is 957. The van der Waals surface area contributed by atoms with E-state index in [2.05, 4.69) is 20.7 Å². The summed E-state index contributed by atoms with van der Waals surface area (Å²) in [6.45, 7) is 2.26. The van der Waals surface area contributed by atoms with Gasteiger partial charge in [0.15, 0.2) is 11.5 Å². The summed E-state index contributed by atoms with van der Waals surface area (Å²) in [6, 6.07) is 7.41. The number of carboxylic acids is 1. The van der Waals surface area contributed by atoms with Crippen LogP contribution in [0, 0.1) is 6.92 Å². The zero-order chi connectivity index (χ0) is 18.2. The number of carboxylic acid groups (broad SMARTS) is 1. The van der Waals surface area contributed by atoms with E-state index in [-0.39, 0.29) is 21.9 Å². The van der Waals surface area contributed by atoms with E-state index in [0.29, 0.717) is 29.0 Å². The van der Waals surface area contributed by atoms with Gasteiger partial charge in [0.25, 0.3) is 10.0 Å². The van der Waals surface area contributed by atoms with E-state index < -0.39 is 16.0 Å². The van der Waals surface area contributed by atoms with Gasteiger partial charge in [-0.3, -0.25) is 4.72 Å². The third kappa shape index (κ3) is 3.57. The molecule has 0 atom stereocenters. The van der Waals surface area contributed by atoms with Crippen molar-refractivity contribution in [3.8, 4) is 11.5 Å². The zero-order valence-electron chi connectivity index (χ0n) is 13.1. The minimum atomic E-state index is -3.99. The molecule has 0 bridgehead atoms. The molecule has 132 valence electrons. The lowest BCUT2D eigenvalue weighted by atomic mass is 10.1. The lowest BCUT2D eigenvalue weighted by Gasteiger charge is -2.21. The number of rotatable bonds is 4. The van der Waals surface area contributed by atoms with E-state index in [1.54, 1.807) is 19.1 Å². The molecule has 0 saturated heterocycles. The normalized spacial score (nSPS) is 13.4. The largest absolute Gasteiger partial charge is 0.486 e. The van der Waals surface area contributed by atoms with Gasteiger partial charge in [0.1, 0.15) is 13.2 Å². The number of ether oxygens (including phenoxy) is 2. The van der Waals surface area contributed by atoms with Crippen molar-refractivity contribution in [1.29, 1.82) is 0 Å². The standard InChI is InChI=1S/C16H14BrNO6S/c1-9-2-3-10(17)6-15(9)25(21,22)18-12-8-14-13(23-4-5-24-14)7-11(12)16(19)20/h2-3,6-8,18H,4-5H2,1H3,(H,19,20). The third-order valence-electron chi connectivity index (χ3n) is 3.60. The van der Waals surface area contributed by atoms with Gasteiger partial charge in [-0.15, -0.1) is 0 Å². The molecule has 3 rings (SSSR count).